The summed E-state index contributed by atoms with van der Waals surface area (Å²) in [5.41, 5.74) is 28.7. The number of carbonyl (C=O) groups is 19. The largest absolute Gasteiger partial charge is 0.480 e. The molecule has 0 saturated carbocycles. The van der Waals surface area contributed by atoms with Gasteiger partial charge in [0.05, 0.1) is 38.5 Å². The van der Waals surface area contributed by atoms with Crippen LogP contribution in [0.4, 0.5) is 0 Å². The summed E-state index contributed by atoms with van der Waals surface area (Å²) in [6, 6.07) is -5.86. The summed E-state index contributed by atoms with van der Waals surface area (Å²) in [6.45, 7) is 3.69. The number of guanidine groups is 2. The van der Waals surface area contributed by atoms with Gasteiger partial charge in [-0.15, -0.1) is 0 Å². The van der Waals surface area contributed by atoms with E-state index in [0.717, 1.165) is 21.6 Å². The van der Waals surface area contributed by atoms with Crippen molar-refractivity contribution in [1.29, 1.82) is 10.8 Å². The molecule has 128 heavy (non-hydrogen) atoms. The molecule has 1 aromatic heterocycles. The number of nitrogens with zero attached hydrogens (tertiary/aromatic N) is 3. The van der Waals surface area contributed by atoms with Gasteiger partial charge in [-0.2, -0.15) is 0 Å². The fourth-order valence-corrected chi connectivity index (χ4v) is 16.8. The average molecular weight is 1830 g/mol. The first-order chi connectivity index (χ1) is 61.0. The number of hydrogen-bond donors (Lipinski definition) is 22. The number of amides is 14. The molecule has 3 saturated heterocycles. The number of nitrogens with one attached hydrogen (secondary N) is 16. The zero-order valence-corrected chi connectivity index (χ0v) is 74.4. The second kappa shape index (κ2) is 57.2. The van der Waals surface area contributed by atoms with E-state index in [0.29, 0.717) is 43.4 Å². The van der Waals surface area contributed by atoms with Gasteiger partial charge in [-0.05, 0) is 108 Å². The number of rotatable bonds is 50. The van der Waals surface area contributed by atoms with Crippen molar-refractivity contribution in [3.63, 3.8) is 0 Å². The van der Waals surface area contributed by atoms with Gasteiger partial charge in [0.2, 0.25) is 82.7 Å². The molecular formula is C82H128N24O20S2. The van der Waals surface area contributed by atoms with E-state index in [-0.39, 0.29) is 159 Å². The number of primary amides is 1. The lowest BCUT2D eigenvalue weighted by molar-refractivity contribution is -0.143. The minimum Gasteiger partial charge on any atom is -0.480 e. The molecule has 3 aliphatic heterocycles. The first kappa shape index (κ1) is 107. The SMILES string of the molecule is CCCC[C@H]1NC(=O)[C@@H]2CCCN2C(=O)CNC(=O)[C@H](CCCCN)NC(=O)[C@H](Cc2cnc[nH]2)NC(=O)[C@H](NC(=O)[C@H](CC(=O)[C@@H](CCCNC(=N)N)NC(=O)[C@H]2CCCN2C(=O)[C@@H](CCCNC(=N)N)NC(=O)[C@@H](CCC(N)=O)CC(=O)CNC(=O)CCC(=O)CNC(=O)CCC(=O)CN)CC(C)C)CSSC[C@H](C(=O)N[C@H](Cc2ccccc2)C(=O)O)NC1=O. The number of hydrogen-bond acceptors (Lipinski definition) is 26. The van der Waals surface area contributed by atoms with Crippen LogP contribution in [0.2, 0.25) is 0 Å². The molecule has 44 nitrogen and oxygen atoms in total. The van der Waals surface area contributed by atoms with Crippen molar-refractivity contribution in [3.8, 4) is 0 Å². The molecule has 0 bridgehead atoms. The smallest absolute Gasteiger partial charge is 0.326 e. The highest BCUT2D eigenvalue weighted by molar-refractivity contribution is 8.76. The number of likely N-dealkylation sites (tertiary alicyclic amines) is 1. The number of carboxylic acids is 1. The Bertz CT molecular complexity index is 4150. The molecule has 0 radical (unpaired) electrons. The third-order valence-corrected chi connectivity index (χ3v) is 23.8. The minimum atomic E-state index is -1.66. The number of carboxylic acid groups (broad SMARTS) is 1. The Labute approximate surface area is 750 Å². The van der Waals surface area contributed by atoms with Crippen LogP contribution in [0.15, 0.2) is 42.9 Å². The van der Waals surface area contributed by atoms with Crippen LogP contribution in [0.25, 0.3) is 0 Å². The van der Waals surface area contributed by atoms with Crippen LogP contribution in [0.5, 0.6) is 0 Å². The molecular weight excluding hydrogens is 1710 g/mol. The van der Waals surface area contributed by atoms with Gasteiger partial charge in [0.1, 0.15) is 60.2 Å². The van der Waals surface area contributed by atoms with Crippen molar-refractivity contribution in [1.82, 2.24) is 88.9 Å². The van der Waals surface area contributed by atoms with Crippen LogP contribution in [0.3, 0.4) is 0 Å². The summed E-state index contributed by atoms with van der Waals surface area (Å²) in [4.78, 5) is 274. The van der Waals surface area contributed by atoms with Crippen molar-refractivity contribution in [2.24, 2.45) is 46.4 Å². The molecule has 1 aromatic carbocycles. The van der Waals surface area contributed by atoms with Crippen molar-refractivity contribution in [3.05, 3.63) is 54.1 Å². The first-order valence-corrected chi connectivity index (χ1v) is 45.7. The van der Waals surface area contributed by atoms with E-state index in [4.69, 9.17) is 39.5 Å². The zero-order valence-electron chi connectivity index (χ0n) is 72.8. The summed E-state index contributed by atoms with van der Waals surface area (Å²) in [7, 11) is 1.80. The number of benzene rings is 1. The molecule has 12 atom stereocenters. The number of H-pyrrole nitrogens is 1. The number of Topliss-reactive ketones (excluding diaryl/α,β-unsaturated/α-hetero) is 4. The summed E-state index contributed by atoms with van der Waals surface area (Å²) in [6.07, 6.45) is 1.60. The standard InChI is InChI=1S/C82H128N24O20S2/c1-4-5-17-57-73(118)104-62(76(121)102-60(80(125)126)35-48-15-7-6-8-16-48)45-128-127-44-61(75(120)101-59(38-51-40-90-46-96-51)74(119)98-56(18-9-10-29-83)72(117)95-43-69(114)105-32-13-21-63(105)77(122)99-57)103-71(116)50(34-47(2)3)37-65(110)55(19-11-30-91-81(86)87)97-78(123)64-22-14-33-106(64)79(124)58(20-12-31-92-82(88)89)100-70(115)49(23-26-66(85)111)36-54(109)42-94-68(113)28-25-53(108)41-93-67(112)27-24-52(107)39-84/h6-8,15-16,40,46-47,49-50,55-64H,4-5,9-14,17-39,41-45,83-84H2,1-3H3,(H2,85,111)(H,90,96)(H,93,112)(H,94,113)(H,95,117)(H,97,123)(H,98,119)(H,99,122)(H,100,115)(H,101,120)(H,102,121)(H,103,116)(H,104,118)(H,125,126)(H4,86,87,91)(H4,88,89,92)/t49-,50-,55+,56-,57+,58+,59-,60+,61+,62+,63-,64+/m0/s1. The van der Waals surface area contributed by atoms with E-state index in [1.165, 1.54) is 22.3 Å². The van der Waals surface area contributed by atoms with Crippen molar-refractivity contribution in [2.75, 3.05) is 70.4 Å². The topological polar surface area (TPSA) is 714 Å². The monoisotopic (exact) mass is 1830 g/mol. The van der Waals surface area contributed by atoms with Crippen LogP contribution in [0, 0.1) is 28.6 Å². The van der Waals surface area contributed by atoms with Gasteiger partial charge in [0.25, 0.3) is 0 Å². The summed E-state index contributed by atoms with van der Waals surface area (Å²) in [5, 5.41) is 60.3. The van der Waals surface area contributed by atoms with Gasteiger partial charge in [-0.1, -0.05) is 85.5 Å². The number of aromatic amines is 1. The molecule has 46 heteroatoms. The predicted octanol–water partition coefficient (Wildman–Crippen LogP) is -4.15. The van der Waals surface area contributed by atoms with E-state index in [1.54, 1.807) is 44.2 Å². The van der Waals surface area contributed by atoms with Gasteiger partial charge in [0, 0.05) is 119 Å². The highest BCUT2D eigenvalue weighted by Gasteiger charge is 2.43. The maximum atomic E-state index is 15.4. The molecule has 3 aliphatic rings. The summed E-state index contributed by atoms with van der Waals surface area (Å²) >= 11 is 0. The molecule has 0 spiro atoms. The quantitative estimate of drug-likeness (QED) is 0.0129. The summed E-state index contributed by atoms with van der Waals surface area (Å²) in [5.74, 6) is -19.7. The molecule has 3 fully saturated rings. The second-order valence-electron chi connectivity index (χ2n) is 32.2. The Morgan fingerprint density at radius 3 is 1.84 bits per heavy atom. The predicted molar refractivity (Wildman–Crippen MR) is 471 cm³/mol. The molecule has 27 N–H and O–H groups in total. The summed E-state index contributed by atoms with van der Waals surface area (Å²) < 4.78 is 0. The fraction of sp³-hybridized carbons (Fsp3) is 0.634. The molecule has 0 unspecified atom stereocenters. The van der Waals surface area contributed by atoms with Crippen molar-refractivity contribution in [2.45, 2.75) is 242 Å². The first-order valence-electron chi connectivity index (χ1n) is 43.3. The number of fused-ring (bicyclic) bond motifs is 1. The van der Waals surface area contributed by atoms with E-state index in [9.17, 15) is 77.0 Å². The van der Waals surface area contributed by atoms with Crippen molar-refractivity contribution < 1.29 is 96.2 Å². The van der Waals surface area contributed by atoms with Crippen LogP contribution in [-0.4, -0.2) is 279 Å². The Morgan fingerprint density at radius 2 is 1.22 bits per heavy atom. The number of imidazole rings is 1. The highest BCUT2D eigenvalue weighted by atomic mass is 33.1. The van der Waals surface area contributed by atoms with E-state index in [2.05, 4.69) is 79.1 Å². The number of aromatic nitrogens is 2. The molecule has 0 aliphatic carbocycles. The molecule has 5 rings (SSSR count). The van der Waals surface area contributed by atoms with Gasteiger partial charge >= 0.3 is 5.97 Å². The Morgan fingerprint density at radius 1 is 0.609 bits per heavy atom. The van der Waals surface area contributed by atoms with Crippen LogP contribution >= 0.6 is 21.6 Å². The van der Waals surface area contributed by atoms with Gasteiger partial charge in [-0.3, -0.25) is 97.1 Å². The normalized spacial score (nSPS) is 19.7. The Hall–Kier alpha value is -11.7. The molecule has 2 aromatic rings. The zero-order chi connectivity index (χ0) is 94.4. The Kier molecular flexibility index (Phi) is 47.8. The number of aliphatic carboxylic acids is 1. The third-order valence-electron chi connectivity index (χ3n) is 21.4. The molecule has 708 valence electrons. The van der Waals surface area contributed by atoms with E-state index in [1.807, 2.05) is 6.92 Å². The van der Waals surface area contributed by atoms with Crippen LogP contribution < -0.4 is 97.8 Å². The van der Waals surface area contributed by atoms with Gasteiger partial charge in [-0.25, -0.2) is 9.78 Å². The lowest BCUT2D eigenvalue weighted by Gasteiger charge is -2.31. The second-order valence-corrected chi connectivity index (χ2v) is 34.7. The highest BCUT2D eigenvalue weighted by Crippen LogP contribution is 2.28. The number of ketones is 4. The third kappa shape index (κ3) is 39.3. The van der Waals surface area contributed by atoms with Crippen LogP contribution in [-0.2, 0) is 104 Å². The van der Waals surface area contributed by atoms with Gasteiger partial charge < -0.3 is 118 Å². The number of unbranched alkanes of at least 4 members (excludes halogenated alkanes) is 2. The van der Waals surface area contributed by atoms with Crippen molar-refractivity contribution >= 4 is 145 Å². The van der Waals surface area contributed by atoms with Crippen LogP contribution in [0.1, 0.15) is 180 Å². The minimum absolute atomic E-state index is 0.00438. The number of carbonyl (C=O) groups excluding carboxylic acids is 18. The lowest BCUT2D eigenvalue weighted by Crippen LogP contribution is -2.59. The maximum Gasteiger partial charge on any atom is 0.326 e. The van der Waals surface area contributed by atoms with E-state index < -0.39 is 241 Å². The molecule has 4 heterocycles. The lowest BCUT2D eigenvalue weighted by atomic mass is 9.88. The maximum absolute atomic E-state index is 15.4. The Balaban J connectivity index is 1.49. The average Bonchev–Trinajstić information content (AvgIpc) is 1.28. The number of nitrogens with two attached hydrogens (primary N) is 5. The fourth-order valence-electron chi connectivity index (χ4n) is 14.5. The molecule has 14 amide bonds. The van der Waals surface area contributed by atoms with Gasteiger partial charge in [0.15, 0.2) is 29.3 Å². The van der Waals surface area contributed by atoms with E-state index >= 15 is 19.2 Å².